The third-order valence-electron chi connectivity index (χ3n) is 4.34. The van der Waals surface area contributed by atoms with Crippen LogP contribution in [0.15, 0.2) is 0 Å². The maximum atomic E-state index is 12.1. The number of carbonyl (C=O) groups is 1. The lowest BCUT2D eigenvalue weighted by molar-refractivity contribution is 0.0362. The number of amides is 1. The number of ether oxygens (including phenoxy) is 1. The van der Waals surface area contributed by atoms with Gasteiger partial charge < -0.3 is 15.4 Å². The Morgan fingerprint density at radius 2 is 1.95 bits per heavy atom. The van der Waals surface area contributed by atoms with E-state index in [0.29, 0.717) is 5.92 Å². The van der Waals surface area contributed by atoms with Gasteiger partial charge in [0.05, 0.1) is 0 Å². The van der Waals surface area contributed by atoms with Gasteiger partial charge in [0.15, 0.2) is 0 Å². The van der Waals surface area contributed by atoms with Crippen molar-refractivity contribution in [1.29, 1.82) is 0 Å². The van der Waals surface area contributed by atoms with Crippen LogP contribution in [0.25, 0.3) is 0 Å². The number of nitrogens with one attached hydrogen (secondary N) is 2. The highest BCUT2D eigenvalue weighted by molar-refractivity contribution is 5.69. The fraction of sp³-hybridized carbons (Fsp3) is 0.933. The second-order valence-electron chi connectivity index (χ2n) is 7.03. The van der Waals surface area contributed by atoms with Crippen molar-refractivity contribution in [2.45, 2.75) is 70.4 Å². The molecule has 2 fully saturated rings. The Kier molecular flexibility index (Phi) is 4.39. The standard InChI is InChI=1S/C15H28N2O2/c1-14(2,3)19-13(18)17-15(8-5-4-6-9-15)12-7-10-16-11-12/h12,16H,4-11H2,1-3H3,(H,17,18). The lowest BCUT2D eigenvalue weighted by Gasteiger charge is -2.42. The summed E-state index contributed by atoms with van der Waals surface area (Å²) in [5, 5.41) is 6.65. The second-order valence-corrected chi connectivity index (χ2v) is 7.03. The van der Waals surface area contributed by atoms with Gasteiger partial charge >= 0.3 is 6.09 Å². The molecule has 2 rings (SSSR count). The monoisotopic (exact) mass is 268 g/mol. The number of hydrogen-bond donors (Lipinski definition) is 2. The summed E-state index contributed by atoms with van der Waals surface area (Å²) in [6, 6.07) is 0. The van der Waals surface area contributed by atoms with Gasteiger partial charge in [0, 0.05) is 12.1 Å². The normalized spacial score (nSPS) is 27.0. The van der Waals surface area contributed by atoms with Crippen molar-refractivity contribution in [2.24, 2.45) is 5.92 Å². The molecule has 1 aliphatic carbocycles. The van der Waals surface area contributed by atoms with Crippen molar-refractivity contribution < 1.29 is 9.53 Å². The van der Waals surface area contributed by atoms with Crippen molar-refractivity contribution in [3.05, 3.63) is 0 Å². The molecule has 19 heavy (non-hydrogen) atoms. The smallest absolute Gasteiger partial charge is 0.408 e. The first-order valence-electron chi connectivity index (χ1n) is 7.63. The average molecular weight is 268 g/mol. The lowest BCUT2D eigenvalue weighted by atomic mass is 9.72. The molecule has 0 radical (unpaired) electrons. The zero-order valence-corrected chi connectivity index (χ0v) is 12.6. The molecule has 1 heterocycles. The Morgan fingerprint density at radius 1 is 1.26 bits per heavy atom. The van der Waals surface area contributed by atoms with Gasteiger partial charge in [-0.2, -0.15) is 0 Å². The largest absolute Gasteiger partial charge is 0.444 e. The Balaban J connectivity index is 2.03. The highest BCUT2D eigenvalue weighted by atomic mass is 16.6. The zero-order chi connectivity index (χ0) is 13.9. The van der Waals surface area contributed by atoms with Gasteiger partial charge in [-0.1, -0.05) is 19.3 Å². The van der Waals surface area contributed by atoms with Crippen LogP contribution in [0.5, 0.6) is 0 Å². The quantitative estimate of drug-likeness (QED) is 0.809. The van der Waals surface area contributed by atoms with Gasteiger partial charge in [-0.15, -0.1) is 0 Å². The summed E-state index contributed by atoms with van der Waals surface area (Å²) in [6.45, 7) is 7.84. The Labute approximate surface area is 116 Å². The highest BCUT2D eigenvalue weighted by Crippen LogP contribution is 2.37. The van der Waals surface area contributed by atoms with Crippen LogP contribution in [0, 0.1) is 5.92 Å². The van der Waals surface area contributed by atoms with Gasteiger partial charge in [-0.25, -0.2) is 4.79 Å². The van der Waals surface area contributed by atoms with Gasteiger partial charge in [0.2, 0.25) is 0 Å². The van der Waals surface area contributed by atoms with Gasteiger partial charge in [-0.05, 0) is 52.5 Å². The van der Waals surface area contributed by atoms with Crippen molar-refractivity contribution >= 4 is 6.09 Å². The maximum absolute atomic E-state index is 12.1. The first-order valence-corrected chi connectivity index (χ1v) is 7.63. The predicted molar refractivity (Wildman–Crippen MR) is 76.2 cm³/mol. The van der Waals surface area contributed by atoms with E-state index in [4.69, 9.17) is 4.74 Å². The third kappa shape index (κ3) is 3.85. The molecule has 1 atom stereocenters. The highest BCUT2D eigenvalue weighted by Gasteiger charge is 2.42. The molecule has 110 valence electrons. The van der Waals surface area contributed by atoms with Crippen molar-refractivity contribution in [3.8, 4) is 0 Å². The number of alkyl carbamates (subject to hydrolysis) is 1. The predicted octanol–water partition coefficient (Wildman–Crippen LogP) is 2.82. The minimum atomic E-state index is -0.423. The topological polar surface area (TPSA) is 50.4 Å². The molecule has 4 heteroatoms. The Hall–Kier alpha value is -0.770. The minimum Gasteiger partial charge on any atom is -0.444 e. The van der Waals surface area contributed by atoms with Gasteiger partial charge in [0.25, 0.3) is 0 Å². The van der Waals surface area contributed by atoms with Crippen LogP contribution in [-0.4, -0.2) is 30.3 Å². The molecule has 4 nitrogen and oxygen atoms in total. The van der Waals surface area contributed by atoms with Gasteiger partial charge in [-0.3, -0.25) is 0 Å². The van der Waals surface area contributed by atoms with Crippen LogP contribution in [-0.2, 0) is 4.74 Å². The molecule has 0 bridgehead atoms. The van der Waals surface area contributed by atoms with E-state index in [1.165, 1.54) is 19.3 Å². The molecule has 1 saturated heterocycles. The van der Waals surface area contributed by atoms with Crippen LogP contribution in [0.2, 0.25) is 0 Å². The summed E-state index contributed by atoms with van der Waals surface area (Å²) >= 11 is 0. The van der Waals surface area contributed by atoms with Gasteiger partial charge in [0.1, 0.15) is 5.60 Å². The van der Waals surface area contributed by atoms with E-state index in [2.05, 4.69) is 10.6 Å². The van der Waals surface area contributed by atoms with Crippen molar-refractivity contribution in [1.82, 2.24) is 10.6 Å². The zero-order valence-electron chi connectivity index (χ0n) is 12.6. The summed E-state index contributed by atoms with van der Waals surface area (Å²) in [6.07, 6.45) is 6.82. The third-order valence-corrected chi connectivity index (χ3v) is 4.34. The SMILES string of the molecule is CC(C)(C)OC(=O)NC1(C2CCNC2)CCCCC1. The molecule has 0 aromatic carbocycles. The van der Waals surface area contributed by atoms with Crippen LogP contribution in [0.3, 0.4) is 0 Å². The van der Waals surface area contributed by atoms with Crippen LogP contribution < -0.4 is 10.6 Å². The Bertz CT molecular complexity index is 311. The molecule has 2 N–H and O–H groups in total. The molecular formula is C15H28N2O2. The molecule has 0 spiro atoms. The first-order chi connectivity index (χ1) is 8.91. The van der Waals surface area contributed by atoms with Crippen molar-refractivity contribution in [2.75, 3.05) is 13.1 Å². The maximum Gasteiger partial charge on any atom is 0.408 e. The minimum absolute atomic E-state index is 0.0376. The molecular weight excluding hydrogens is 240 g/mol. The van der Waals surface area contributed by atoms with Crippen LogP contribution >= 0.6 is 0 Å². The molecule has 0 aromatic heterocycles. The fourth-order valence-electron chi connectivity index (χ4n) is 3.45. The molecule has 1 unspecified atom stereocenters. The summed E-state index contributed by atoms with van der Waals surface area (Å²) in [4.78, 5) is 12.1. The van der Waals surface area contributed by atoms with E-state index in [0.717, 1.165) is 32.4 Å². The number of carbonyl (C=O) groups excluding carboxylic acids is 1. The second kappa shape index (κ2) is 5.70. The summed E-state index contributed by atoms with van der Waals surface area (Å²) in [5.41, 5.74) is -0.460. The molecule has 2 aliphatic rings. The van der Waals surface area contributed by atoms with Crippen LogP contribution in [0.4, 0.5) is 4.79 Å². The van der Waals surface area contributed by atoms with E-state index in [9.17, 15) is 4.79 Å². The van der Waals surface area contributed by atoms with E-state index in [-0.39, 0.29) is 11.6 Å². The summed E-state index contributed by atoms with van der Waals surface area (Å²) < 4.78 is 5.45. The average Bonchev–Trinajstić information content (AvgIpc) is 2.81. The van der Waals surface area contributed by atoms with E-state index >= 15 is 0 Å². The molecule has 0 aromatic rings. The number of hydrogen-bond acceptors (Lipinski definition) is 3. The van der Waals surface area contributed by atoms with E-state index < -0.39 is 5.60 Å². The molecule has 1 amide bonds. The molecule has 1 aliphatic heterocycles. The van der Waals surface area contributed by atoms with E-state index in [1.807, 2.05) is 20.8 Å². The first kappa shape index (κ1) is 14.6. The summed E-state index contributed by atoms with van der Waals surface area (Å²) in [5.74, 6) is 0.556. The molecule has 1 saturated carbocycles. The fourth-order valence-corrected chi connectivity index (χ4v) is 3.45. The van der Waals surface area contributed by atoms with E-state index in [1.54, 1.807) is 0 Å². The van der Waals surface area contributed by atoms with Crippen LogP contribution in [0.1, 0.15) is 59.3 Å². The Morgan fingerprint density at radius 3 is 2.47 bits per heavy atom. The number of rotatable bonds is 2. The summed E-state index contributed by atoms with van der Waals surface area (Å²) in [7, 11) is 0. The van der Waals surface area contributed by atoms with Crippen molar-refractivity contribution in [3.63, 3.8) is 0 Å². The lowest BCUT2D eigenvalue weighted by Crippen LogP contribution is -2.56.